The third kappa shape index (κ3) is 8170. The Labute approximate surface area is 70.1 Å². The molecule has 0 heterocycles. The Kier molecular flexibility index (Phi) is 78.5. The first-order valence-electron chi connectivity index (χ1n) is 0.698. The molecule has 1 radical (unpaired) electrons. The van der Waals surface area contributed by atoms with Crippen LogP contribution in [0.5, 0.6) is 0 Å². The van der Waals surface area contributed by atoms with Crippen molar-refractivity contribution in [3.8, 4) is 0 Å². The first-order valence-corrected chi connectivity index (χ1v) is 2.10. The van der Waals surface area contributed by atoms with Crippen molar-refractivity contribution in [3.05, 3.63) is 24.6 Å². The quantitative estimate of drug-likeness (QED) is 0.469. The van der Waals surface area contributed by atoms with Crippen molar-refractivity contribution in [2.45, 2.75) is 0 Å². The van der Waals surface area contributed by atoms with Crippen LogP contribution in [0.15, 0.2) is 0 Å². The van der Waals surface area contributed by atoms with E-state index in [9.17, 15) is 0 Å². The molecule has 0 aromatic rings. The van der Waals surface area contributed by atoms with Crippen LogP contribution in [0.2, 0.25) is 0 Å². The van der Waals surface area contributed by atoms with Crippen LogP contribution in [-0.2, 0) is 27.5 Å². The third-order valence-electron chi connectivity index (χ3n) is 0. The molecule has 0 unspecified atom stereocenters. The summed E-state index contributed by atoms with van der Waals surface area (Å²) in [6.45, 7) is 0. The van der Waals surface area contributed by atoms with E-state index in [-0.39, 0.29) is 41.7 Å². The molecule has 0 bridgehead atoms. The van der Waals surface area contributed by atoms with Gasteiger partial charge in [0.25, 0.3) is 0 Å². The van der Waals surface area contributed by atoms with Gasteiger partial charge < -0.3 is 24.6 Å². The summed E-state index contributed by atoms with van der Waals surface area (Å²) in [6, 6.07) is 0. The van der Waals surface area contributed by atoms with Crippen LogP contribution < -0.4 is 0 Å². The SMILES string of the molecule is O=S(=O)(O)O.[Cu].[NH2-].[NH2-].[NH2-].[NH2-]. The Balaban J connectivity index is -0.00000000800. The summed E-state index contributed by atoms with van der Waals surface area (Å²) >= 11 is 0. The molecule has 0 aliphatic carbocycles. The maximum absolute atomic E-state index is 8.74. The molecule has 0 saturated carbocycles. The third-order valence-corrected chi connectivity index (χ3v) is 0. The van der Waals surface area contributed by atoms with E-state index < -0.39 is 10.4 Å². The summed E-state index contributed by atoms with van der Waals surface area (Å²) < 4.78 is 31.6. The zero-order valence-electron chi connectivity index (χ0n) is 4.73. The smallest absolute Gasteiger partial charge is 0.394 e. The molecule has 0 aliphatic heterocycles. The molecule has 0 amide bonds. The Morgan fingerprint density at radius 1 is 0.800 bits per heavy atom. The van der Waals surface area contributed by atoms with Gasteiger partial charge in [0.05, 0.1) is 0 Å². The van der Waals surface area contributed by atoms with Gasteiger partial charge in [0.15, 0.2) is 0 Å². The average Bonchev–Trinajstić information content (AvgIpc) is 0.722. The maximum Gasteiger partial charge on any atom is 0.394 e. The summed E-state index contributed by atoms with van der Waals surface area (Å²) in [5, 5.41) is 0. The Hall–Kier alpha value is 0.229. The monoisotopic (exact) mass is 225 g/mol. The van der Waals surface area contributed by atoms with Crippen LogP contribution in [0.3, 0.4) is 0 Å². The molecule has 0 fully saturated rings. The number of hydrogen-bond acceptors (Lipinski definition) is 2. The van der Waals surface area contributed by atoms with Gasteiger partial charge in [-0.05, 0) is 0 Å². The molecular formula is H10CuN4O4S-4. The minimum atomic E-state index is -4.67. The predicted molar refractivity (Wildman–Crippen MR) is 35.3 cm³/mol. The molecule has 75 valence electrons. The largest absolute Gasteiger partial charge is 0.693 e. The summed E-state index contributed by atoms with van der Waals surface area (Å²) in [4.78, 5) is 0. The van der Waals surface area contributed by atoms with Gasteiger partial charge in [-0.15, -0.1) is 0 Å². The molecule has 0 rings (SSSR count). The molecule has 0 aliphatic rings. The second-order valence-electron chi connectivity index (χ2n) is 0.448. The van der Waals surface area contributed by atoms with Gasteiger partial charge in [0, 0.05) is 17.1 Å². The molecule has 0 aromatic carbocycles. The second-order valence-corrected chi connectivity index (χ2v) is 1.34. The Bertz CT molecular complexity index is 100. The summed E-state index contributed by atoms with van der Waals surface area (Å²) in [7, 11) is -4.67. The fourth-order valence-corrected chi connectivity index (χ4v) is 0. The molecule has 0 atom stereocenters. The molecule has 8 nitrogen and oxygen atoms in total. The zero-order chi connectivity index (χ0) is 4.50. The van der Waals surface area contributed by atoms with Gasteiger partial charge in [-0.2, -0.15) is 8.42 Å². The number of nitrogens with two attached hydrogens (primary N) is 4. The van der Waals surface area contributed by atoms with E-state index in [2.05, 4.69) is 0 Å². The van der Waals surface area contributed by atoms with Crippen molar-refractivity contribution in [1.82, 2.24) is 0 Å². The topological polar surface area (TPSA) is 209 Å². The van der Waals surface area contributed by atoms with E-state index in [1.165, 1.54) is 0 Å². The summed E-state index contributed by atoms with van der Waals surface area (Å²) in [5.74, 6) is 0. The van der Waals surface area contributed by atoms with Crippen LogP contribution in [-0.4, -0.2) is 17.5 Å². The molecule has 10 heteroatoms. The van der Waals surface area contributed by atoms with Crippen LogP contribution in [0.4, 0.5) is 0 Å². The molecular weight excluding hydrogens is 216 g/mol. The van der Waals surface area contributed by atoms with Gasteiger partial charge in [-0.25, -0.2) is 0 Å². The van der Waals surface area contributed by atoms with Gasteiger partial charge in [0.2, 0.25) is 0 Å². The molecule has 0 saturated heterocycles. The van der Waals surface area contributed by atoms with Crippen molar-refractivity contribution in [2.24, 2.45) is 0 Å². The van der Waals surface area contributed by atoms with Gasteiger partial charge in [0.1, 0.15) is 0 Å². The fraction of sp³-hybridized carbons (Fsp3) is 0. The number of rotatable bonds is 0. The molecule has 0 spiro atoms. The van der Waals surface area contributed by atoms with Crippen molar-refractivity contribution < 1.29 is 34.6 Å². The van der Waals surface area contributed by atoms with Crippen molar-refractivity contribution in [2.75, 3.05) is 0 Å². The predicted octanol–water partition coefficient (Wildman–Crippen LogP) is 2.21. The fourth-order valence-electron chi connectivity index (χ4n) is 0. The summed E-state index contributed by atoms with van der Waals surface area (Å²) in [6.07, 6.45) is 0. The van der Waals surface area contributed by atoms with E-state index in [0.717, 1.165) is 0 Å². The minimum absolute atomic E-state index is 0. The van der Waals surface area contributed by atoms with Crippen LogP contribution >= 0.6 is 0 Å². The van der Waals surface area contributed by atoms with Gasteiger partial charge in [-0.1, -0.05) is 0 Å². The Morgan fingerprint density at radius 3 is 0.800 bits per heavy atom. The average molecular weight is 226 g/mol. The van der Waals surface area contributed by atoms with Gasteiger partial charge in [-0.3, -0.25) is 9.11 Å². The van der Waals surface area contributed by atoms with Crippen LogP contribution in [0.1, 0.15) is 0 Å². The molecule has 10 heavy (non-hydrogen) atoms. The van der Waals surface area contributed by atoms with Crippen molar-refractivity contribution in [1.29, 1.82) is 0 Å². The second kappa shape index (κ2) is 16.1. The first kappa shape index (κ1) is 48.7. The first-order chi connectivity index (χ1) is 2.00. The molecule has 10 N–H and O–H groups in total. The van der Waals surface area contributed by atoms with E-state index in [1.54, 1.807) is 0 Å². The van der Waals surface area contributed by atoms with E-state index >= 15 is 0 Å². The number of hydrogen-bond donors (Lipinski definition) is 2. The molecule has 0 aromatic heterocycles. The normalized spacial score (nSPS) is 5.80. The van der Waals surface area contributed by atoms with Crippen LogP contribution in [0, 0.1) is 0 Å². The zero-order valence-corrected chi connectivity index (χ0v) is 6.49. The minimum Gasteiger partial charge on any atom is -0.693 e. The Morgan fingerprint density at radius 2 is 0.800 bits per heavy atom. The maximum atomic E-state index is 8.74. The van der Waals surface area contributed by atoms with Crippen molar-refractivity contribution >= 4 is 10.4 Å². The van der Waals surface area contributed by atoms with Crippen molar-refractivity contribution in [3.63, 3.8) is 0 Å². The summed E-state index contributed by atoms with van der Waals surface area (Å²) in [5.41, 5.74) is 0. The van der Waals surface area contributed by atoms with E-state index in [0.29, 0.717) is 0 Å². The van der Waals surface area contributed by atoms with E-state index in [4.69, 9.17) is 17.5 Å². The van der Waals surface area contributed by atoms with Crippen LogP contribution in [0.25, 0.3) is 24.6 Å². The van der Waals surface area contributed by atoms with Gasteiger partial charge >= 0.3 is 10.4 Å². The van der Waals surface area contributed by atoms with E-state index in [1.807, 2.05) is 0 Å². The standard InChI is InChI=1S/Cu.4H2N.H2O4S/c;;;;;1-5(2,3)4/h;4*1H2;(H2,1,2,3,4)/q;4*-1;.